The van der Waals surface area contributed by atoms with E-state index in [1.54, 1.807) is 18.5 Å². The van der Waals surface area contributed by atoms with Crippen molar-refractivity contribution in [2.45, 2.75) is 25.4 Å². The van der Waals surface area contributed by atoms with Crippen molar-refractivity contribution in [3.05, 3.63) is 52.6 Å². The normalized spacial score (nSPS) is 15.4. The summed E-state index contributed by atoms with van der Waals surface area (Å²) in [6.45, 7) is 1.43. The number of nitrogens with one attached hydrogen (secondary N) is 1. The number of amides is 1. The van der Waals surface area contributed by atoms with Crippen molar-refractivity contribution in [3.8, 4) is 11.3 Å². The molecule has 9 nitrogen and oxygen atoms in total. The third kappa shape index (κ3) is 5.86. The van der Waals surface area contributed by atoms with E-state index >= 15 is 0 Å². The molecule has 0 aliphatic carbocycles. The first-order chi connectivity index (χ1) is 14.8. The Bertz CT molecular complexity index is 1020. The minimum absolute atomic E-state index is 0.0817. The minimum atomic E-state index is -5.08. The van der Waals surface area contributed by atoms with E-state index < -0.39 is 12.1 Å². The van der Waals surface area contributed by atoms with Gasteiger partial charge in [0.2, 0.25) is 0 Å². The Labute approximate surface area is 177 Å². The summed E-state index contributed by atoms with van der Waals surface area (Å²) in [4.78, 5) is 24.9. The Morgan fingerprint density at radius 3 is 2.61 bits per heavy atom. The summed E-state index contributed by atoms with van der Waals surface area (Å²) in [5.41, 5.74) is 3.41. The van der Waals surface area contributed by atoms with Crippen molar-refractivity contribution in [1.82, 2.24) is 25.3 Å². The van der Waals surface area contributed by atoms with Crippen molar-refractivity contribution in [2.24, 2.45) is 0 Å². The van der Waals surface area contributed by atoms with Gasteiger partial charge in [-0.25, -0.2) is 9.48 Å². The second-order valence-corrected chi connectivity index (χ2v) is 7.04. The molecule has 0 fully saturated rings. The van der Waals surface area contributed by atoms with Gasteiger partial charge in [0.1, 0.15) is 5.69 Å². The highest BCUT2D eigenvalue weighted by Gasteiger charge is 2.38. The van der Waals surface area contributed by atoms with Crippen molar-refractivity contribution in [1.29, 1.82) is 0 Å². The van der Waals surface area contributed by atoms with Crippen LogP contribution in [0.4, 0.5) is 13.2 Å². The Balaban J connectivity index is 0.000000339. The lowest BCUT2D eigenvalue weighted by Crippen LogP contribution is -2.39. The van der Waals surface area contributed by atoms with Crippen LogP contribution in [-0.2, 0) is 22.7 Å². The minimum Gasteiger partial charge on any atom is -0.475 e. The van der Waals surface area contributed by atoms with E-state index in [1.165, 1.54) is 11.3 Å². The van der Waals surface area contributed by atoms with E-state index in [0.29, 0.717) is 25.3 Å². The van der Waals surface area contributed by atoms with Gasteiger partial charge in [-0.3, -0.25) is 9.78 Å². The molecule has 4 heterocycles. The summed E-state index contributed by atoms with van der Waals surface area (Å²) in [5.74, 6) is -2.84. The van der Waals surface area contributed by atoms with Gasteiger partial charge in [-0.1, -0.05) is 5.21 Å². The average Bonchev–Trinajstić information content (AvgIpc) is 3.42. The molecular formula is C18H16F3N5O4S. The SMILES string of the molecule is O=C(NCC1Cn2nnc(-c3ccncc3)c2CO1)c1ccsc1.O=C(O)C(F)(F)F. The van der Waals surface area contributed by atoms with Crippen LogP contribution in [0.3, 0.4) is 0 Å². The van der Waals surface area contributed by atoms with Gasteiger partial charge in [0.15, 0.2) is 0 Å². The standard InChI is InChI=1S/C16H15N5O2S.C2HF3O2/c22-16(12-3-6-24-10-12)18-7-13-8-21-14(9-23-13)15(19-20-21)11-1-4-17-5-2-11;3-2(4,5)1(6)7/h1-6,10,13H,7-9H2,(H,18,22);(H,6,7). The smallest absolute Gasteiger partial charge is 0.475 e. The van der Waals surface area contributed by atoms with Crippen molar-refractivity contribution < 1.29 is 32.6 Å². The molecule has 0 saturated heterocycles. The first kappa shape index (κ1) is 22.4. The lowest BCUT2D eigenvalue weighted by Gasteiger charge is -2.24. The summed E-state index contributed by atoms with van der Waals surface area (Å²) < 4.78 is 39.4. The van der Waals surface area contributed by atoms with Crippen LogP contribution >= 0.6 is 11.3 Å². The molecule has 31 heavy (non-hydrogen) atoms. The number of nitrogens with zero attached hydrogens (tertiary/aromatic N) is 4. The molecule has 1 aliphatic rings. The van der Waals surface area contributed by atoms with Crippen LogP contribution in [0.1, 0.15) is 16.1 Å². The number of aliphatic carboxylic acids is 1. The fourth-order valence-corrected chi connectivity index (χ4v) is 3.26. The fraction of sp³-hybridized carbons (Fsp3) is 0.278. The molecular weight excluding hydrogens is 439 g/mol. The number of thiophene rings is 1. The van der Waals surface area contributed by atoms with E-state index in [0.717, 1.165) is 17.0 Å². The van der Waals surface area contributed by atoms with E-state index in [1.807, 2.05) is 27.6 Å². The highest BCUT2D eigenvalue weighted by molar-refractivity contribution is 7.08. The van der Waals surface area contributed by atoms with Crippen LogP contribution in [0.15, 0.2) is 41.4 Å². The van der Waals surface area contributed by atoms with Crippen molar-refractivity contribution in [3.63, 3.8) is 0 Å². The zero-order chi connectivity index (χ0) is 22.4. The number of hydrogen-bond donors (Lipinski definition) is 2. The van der Waals surface area contributed by atoms with Crippen molar-refractivity contribution >= 4 is 23.2 Å². The number of carbonyl (C=O) groups is 2. The molecule has 0 radical (unpaired) electrons. The van der Waals surface area contributed by atoms with Gasteiger partial charge in [0.05, 0.1) is 24.9 Å². The number of ether oxygens (including phenoxy) is 1. The lowest BCUT2D eigenvalue weighted by atomic mass is 10.1. The summed E-state index contributed by atoms with van der Waals surface area (Å²) in [6.07, 6.45) is -1.74. The molecule has 1 unspecified atom stereocenters. The molecule has 0 aromatic carbocycles. The van der Waals surface area contributed by atoms with E-state index in [9.17, 15) is 18.0 Å². The quantitative estimate of drug-likeness (QED) is 0.620. The molecule has 164 valence electrons. The predicted molar refractivity (Wildman–Crippen MR) is 102 cm³/mol. The molecule has 1 atom stereocenters. The van der Waals surface area contributed by atoms with Gasteiger partial charge in [0.25, 0.3) is 5.91 Å². The Hall–Kier alpha value is -3.32. The van der Waals surface area contributed by atoms with E-state index in [2.05, 4.69) is 20.6 Å². The Kier molecular flexibility index (Phi) is 6.97. The number of rotatable bonds is 4. The van der Waals surface area contributed by atoms with Crippen molar-refractivity contribution in [2.75, 3.05) is 6.54 Å². The van der Waals surface area contributed by atoms with Gasteiger partial charge in [0, 0.05) is 35.4 Å². The maximum Gasteiger partial charge on any atom is 0.490 e. The van der Waals surface area contributed by atoms with E-state index in [4.69, 9.17) is 14.6 Å². The second kappa shape index (κ2) is 9.66. The summed E-state index contributed by atoms with van der Waals surface area (Å²) in [5, 5.41) is 22.2. The number of pyridine rings is 1. The topological polar surface area (TPSA) is 119 Å². The first-order valence-corrected chi connectivity index (χ1v) is 9.75. The molecule has 2 N–H and O–H groups in total. The Morgan fingerprint density at radius 1 is 1.29 bits per heavy atom. The van der Waals surface area contributed by atoms with E-state index in [-0.39, 0.29) is 12.0 Å². The molecule has 3 aromatic rings. The third-order valence-corrected chi connectivity index (χ3v) is 4.82. The molecule has 3 aromatic heterocycles. The average molecular weight is 455 g/mol. The van der Waals surface area contributed by atoms with Crippen LogP contribution in [-0.4, -0.2) is 55.8 Å². The second-order valence-electron chi connectivity index (χ2n) is 6.26. The number of carboxylic acid groups (broad SMARTS) is 1. The highest BCUT2D eigenvalue weighted by atomic mass is 32.1. The zero-order valence-electron chi connectivity index (χ0n) is 15.7. The number of carbonyl (C=O) groups excluding carboxylic acids is 1. The summed E-state index contributed by atoms with van der Waals surface area (Å²) >= 11 is 1.50. The zero-order valence-corrected chi connectivity index (χ0v) is 16.6. The molecule has 1 aliphatic heterocycles. The maximum atomic E-state index is 12.0. The molecule has 0 spiro atoms. The van der Waals surface area contributed by atoms with Crippen LogP contribution < -0.4 is 5.32 Å². The number of fused-ring (bicyclic) bond motifs is 1. The number of hydrogen-bond acceptors (Lipinski definition) is 7. The molecule has 0 saturated carbocycles. The molecule has 0 bridgehead atoms. The van der Waals surface area contributed by atoms with Crippen LogP contribution in [0.25, 0.3) is 11.3 Å². The third-order valence-electron chi connectivity index (χ3n) is 4.14. The van der Waals surface area contributed by atoms with Gasteiger partial charge in [-0.05, 0) is 23.6 Å². The molecule has 4 rings (SSSR count). The number of halogens is 3. The van der Waals surface area contributed by atoms with Gasteiger partial charge in [-0.15, -0.1) is 5.10 Å². The van der Waals surface area contributed by atoms with Gasteiger partial charge < -0.3 is 15.2 Å². The fourth-order valence-electron chi connectivity index (χ4n) is 2.62. The maximum absolute atomic E-state index is 12.0. The number of aromatic nitrogens is 4. The summed E-state index contributed by atoms with van der Waals surface area (Å²) in [6, 6.07) is 5.61. The van der Waals surface area contributed by atoms with Gasteiger partial charge in [-0.2, -0.15) is 24.5 Å². The number of alkyl halides is 3. The number of carboxylic acids is 1. The van der Waals surface area contributed by atoms with Crippen LogP contribution in [0.2, 0.25) is 0 Å². The Morgan fingerprint density at radius 2 is 2.00 bits per heavy atom. The predicted octanol–water partition coefficient (Wildman–Crippen LogP) is 2.36. The van der Waals surface area contributed by atoms with Crippen LogP contribution in [0, 0.1) is 0 Å². The first-order valence-electron chi connectivity index (χ1n) is 8.80. The monoisotopic (exact) mass is 455 g/mol. The summed E-state index contributed by atoms with van der Waals surface area (Å²) in [7, 11) is 0. The molecule has 13 heteroatoms. The van der Waals surface area contributed by atoms with Crippen LogP contribution in [0.5, 0.6) is 0 Å². The molecule has 1 amide bonds. The lowest BCUT2D eigenvalue weighted by molar-refractivity contribution is -0.192. The van der Waals surface area contributed by atoms with Gasteiger partial charge >= 0.3 is 12.1 Å². The largest absolute Gasteiger partial charge is 0.490 e. The highest BCUT2D eigenvalue weighted by Crippen LogP contribution is 2.24.